The van der Waals surface area contributed by atoms with Gasteiger partial charge >= 0.3 is 15.2 Å². The molecule has 2 heterocycles. The molecule has 146 valence electrons. The number of hydrogen-bond donors (Lipinski definition) is 2. The van der Waals surface area contributed by atoms with Gasteiger partial charge < -0.3 is 0 Å². The van der Waals surface area contributed by atoms with Crippen LogP contribution in [0.1, 0.15) is 0 Å². The van der Waals surface area contributed by atoms with Crippen LogP contribution in [0.15, 0.2) is 83.1 Å². The minimum atomic E-state index is -3.85. The van der Waals surface area contributed by atoms with Crippen molar-refractivity contribution >= 4 is 44.7 Å². The topological polar surface area (TPSA) is 109 Å². The molecule has 4 aromatic rings. The molecular formula is C19H16N5O3S2+. The van der Waals surface area contributed by atoms with E-state index in [1.807, 2.05) is 6.07 Å². The van der Waals surface area contributed by atoms with Crippen molar-refractivity contribution in [1.82, 2.24) is 15.0 Å². The number of aromatic nitrogens is 4. The quantitative estimate of drug-likeness (QED) is 0.361. The van der Waals surface area contributed by atoms with Crippen molar-refractivity contribution in [3.05, 3.63) is 73.1 Å². The maximum absolute atomic E-state index is 13.3. The van der Waals surface area contributed by atoms with E-state index in [1.54, 1.807) is 42.5 Å². The molecule has 0 aliphatic heterocycles. The molecule has 0 saturated carbocycles. The number of imidazole rings is 1. The summed E-state index contributed by atoms with van der Waals surface area (Å²) in [4.78, 5) is 23.4. The Bertz CT molecular complexity index is 1260. The molecule has 0 aliphatic carbocycles. The minimum absolute atomic E-state index is 0.0185. The summed E-state index contributed by atoms with van der Waals surface area (Å²) in [5, 5.41) is 2.91. The fourth-order valence-electron chi connectivity index (χ4n) is 2.72. The first kappa shape index (κ1) is 19.1. The van der Waals surface area contributed by atoms with E-state index >= 15 is 0 Å². The average molecular weight is 427 g/mol. The monoisotopic (exact) mass is 426 g/mol. The van der Waals surface area contributed by atoms with Gasteiger partial charge in [0.15, 0.2) is 11.0 Å². The van der Waals surface area contributed by atoms with Crippen molar-refractivity contribution in [2.45, 2.75) is 10.1 Å². The number of aromatic amines is 1. The van der Waals surface area contributed by atoms with Crippen molar-refractivity contribution in [1.29, 1.82) is 0 Å². The predicted molar refractivity (Wildman–Crippen MR) is 109 cm³/mol. The van der Waals surface area contributed by atoms with Gasteiger partial charge in [-0.15, -0.1) is 3.97 Å². The van der Waals surface area contributed by atoms with Crippen LogP contribution in [0.4, 0.5) is 5.95 Å². The van der Waals surface area contributed by atoms with Crippen LogP contribution in [0.3, 0.4) is 0 Å². The molecule has 0 spiro atoms. The number of rotatable bonds is 6. The Kier molecular flexibility index (Phi) is 5.28. The fourth-order valence-corrected chi connectivity index (χ4v) is 5.31. The van der Waals surface area contributed by atoms with Gasteiger partial charge in [0.05, 0.1) is 5.75 Å². The molecule has 2 aromatic carbocycles. The first-order valence-corrected chi connectivity index (χ1v) is 11.0. The van der Waals surface area contributed by atoms with Crippen molar-refractivity contribution in [2.24, 2.45) is 0 Å². The number of benzene rings is 2. The van der Waals surface area contributed by atoms with Gasteiger partial charge in [0.2, 0.25) is 11.9 Å². The third-order valence-electron chi connectivity index (χ3n) is 3.99. The first-order valence-electron chi connectivity index (χ1n) is 8.59. The van der Waals surface area contributed by atoms with E-state index in [1.165, 1.54) is 28.5 Å². The summed E-state index contributed by atoms with van der Waals surface area (Å²) >= 11 is 1.08. The molecule has 0 aliphatic rings. The SMILES string of the molecule is O=C(CSc1[nH]c2ccccc2[n+]1S(=O)(=O)c1ccccc1)Nc1ncccn1. The van der Waals surface area contributed by atoms with Crippen LogP contribution in [-0.2, 0) is 14.8 Å². The Morgan fingerprint density at radius 3 is 2.45 bits per heavy atom. The van der Waals surface area contributed by atoms with Crippen LogP contribution >= 0.6 is 11.8 Å². The second kappa shape index (κ2) is 8.02. The number of anilines is 1. The summed E-state index contributed by atoms with van der Waals surface area (Å²) in [6.07, 6.45) is 3.04. The number of carbonyl (C=O) groups is 1. The molecular weight excluding hydrogens is 410 g/mol. The molecule has 0 radical (unpaired) electrons. The lowest BCUT2D eigenvalue weighted by atomic mass is 10.3. The molecule has 0 atom stereocenters. The molecule has 2 N–H and O–H groups in total. The summed E-state index contributed by atoms with van der Waals surface area (Å²) in [6.45, 7) is 0. The molecule has 1 amide bonds. The van der Waals surface area contributed by atoms with Gasteiger partial charge in [-0.3, -0.25) is 10.1 Å². The maximum atomic E-state index is 13.3. The molecule has 0 unspecified atom stereocenters. The van der Waals surface area contributed by atoms with Gasteiger partial charge in [0, 0.05) is 12.4 Å². The Morgan fingerprint density at radius 2 is 1.69 bits per heavy atom. The predicted octanol–water partition coefficient (Wildman–Crippen LogP) is 2.21. The molecule has 0 bridgehead atoms. The third-order valence-corrected chi connectivity index (χ3v) is 6.80. The zero-order valence-electron chi connectivity index (χ0n) is 15.0. The third kappa shape index (κ3) is 3.98. The van der Waals surface area contributed by atoms with Crippen LogP contribution in [0, 0.1) is 0 Å². The van der Waals surface area contributed by atoms with Crippen LogP contribution in [-0.4, -0.2) is 35.0 Å². The maximum Gasteiger partial charge on any atom is 0.336 e. The van der Waals surface area contributed by atoms with Gasteiger partial charge in [-0.2, -0.15) is 8.42 Å². The number of carbonyl (C=O) groups excluding carboxylic acids is 1. The Balaban J connectivity index is 1.66. The number of para-hydroxylation sites is 2. The van der Waals surface area contributed by atoms with E-state index in [2.05, 4.69) is 20.3 Å². The highest BCUT2D eigenvalue weighted by atomic mass is 32.2. The Hall–Kier alpha value is -3.24. The number of hydrogen-bond acceptors (Lipinski definition) is 6. The van der Waals surface area contributed by atoms with Crippen LogP contribution < -0.4 is 9.29 Å². The molecule has 10 heteroatoms. The van der Waals surface area contributed by atoms with Crippen LogP contribution in [0.2, 0.25) is 0 Å². The highest BCUT2D eigenvalue weighted by Crippen LogP contribution is 2.21. The Labute approximate surface area is 171 Å². The summed E-state index contributed by atoms with van der Waals surface area (Å²) < 4.78 is 27.8. The van der Waals surface area contributed by atoms with E-state index in [0.29, 0.717) is 16.2 Å². The molecule has 4 rings (SSSR count). The smallest absolute Gasteiger partial charge is 0.294 e. The number of thioether (sulfide) groups is 1. The molecule has 8 nitrogen and oxygen atoms in total. The molecule has 29 heavy (non-hydrogen) atoms. The summed E-state index contributed by atoms with van der Waals surface area (Å²) in [7, 11) is -3.85. The van der Waals surface area contributed by atoms with Crippen molar-refractivity contribution in [3.8, 4) is 0 Å². The van der Waals surface area contributed by atoms with Crippen molar-refractivity contribution < 1.29 is 17.2 Å². The second-order valence-corrected chi connectivity index (χ2v) is 8.69. The van der Waals surface area contributed by atoms with E-state index in [9.17, 15) is 13.2 Å². The largest absolute Gasteiger partial charge is 0.336 e. The van der Waals surface area contributed by atoms with Crippen molar-refractivity contribution in [2.75, 3.05) is 11.1 Å². The van der Waals surface area contributed by atoms with Crippen LogP contribution in [0.25, 0.3) is 11.0 Å². The lowest BCUT2D eigenvalue weighted by molar-refractivity contribution is -0.526. The highest BCUT2D eigenvalue weighted by Gasteiger charge is 2.31. The fraction of sp³-hybridized carbons (Fsp3) is 0.0526. The molecule has 2 aromatic heterocycles. The van der Waals surface area contributed by atoms with E-state index < -0.39 is 10.0 Å². The molecule has 0 saturated heterocycles. The van der Waals surface area contributed by atoms with Crippen molar-refractivity contribution in [3.63, 3.8) is 0 Å². The first-order chi connectivity index (χ1) is 14.1. The molecule has 0 fully saturated rings. The highest BCUT2D eigenvalue weighted by molar-refractivity contribution is 8.00. The zero-order valence-corrected chi connectivity index (χ0v) is 16.7. The second-order valence-electron chi connectivity index (χ2n) is 5.94. The number of amides is 1. The van der Waals surface area contributed by atoms with Gasteiger partial charge in [-0.1, -0.05) is 30.3 Å². The number of nitrogens with one attached hydrogen (secondary N) is 2. The number of nitrogens with zero attached hydrogens (tertiary/aromatic N) is 3. The zero-order chi connectivity index (χ0) is 20.3. The minimum Gasteiger partial charge on any atom is -0.294 e. The summed E-state index contributed by atoms with van der Waals surface area (Å²) in [5.41, 5.74) is 1.16. The number of fused-ring (bicyclic) bond motifs is 1. The van der Waals surface area contributed by atoms with E-state index in [0.717, 1.165) is 11.8 Å². The van der Waals surface area contributed by atoms with Crippen LogP contribution in [0.5, 0.6) is 0 Å². The average Bonchev–Trinajstić information content (AvgIpc) is 3.13. The summed E-state index contributed by atoms with van der Waals surface area (Å²) in [5.74, 6) is -0.168. The van der Waals surface area contributed by atoms with Gasteiger partial charge in [-0.25, -0.2) is 15.0 Å². The number of H-pyrrole nitrogens is 1. The van der Waals surface area contributed by atoms with Gasteiger partial charge in [0.25, 0.3) is 0 Å². The van der Waals surface area contributed by atoms with Gasteiger partial charge in [-0.05, 0) is 42.1 Å². The van der Waals surface area contributed by atoms with E-state index in [4.69, 9.17) is 0 Å². The lowest BCUT2D eigenvalue weighted by Crippen LogP contribution is -2.44. The van der Waals surface area contributed by atoms with E-state index in [-0.39, 0.29) is 22.5 Å². The normalized spacial score (nSPS) is 11.4. The lowest BCUT2D eigenvalue weighted by Gasteiger charge is -2.04. The standard InChI is InChI=1S/C19H15N5O3S2/c25-17(23-18-20-11-6-12-21-18)13-28-19-22-15-9-4-5-10-16(15)24(19)29(26,27)14-7-2-1-3-8-14/h1-12H,13H2,(H,20,21,23,25)/p+1. The Morgan fingerprint density at radius 1 is 1.00 bits per heavy atom. The van der Waals surface area contributed by atoms with Gasteiger partial charge in [0.1, 0.15) is 4.90 Å². The summed E-state index contributed by atoms with van der Waals surface area (Å²) in [6, 6.07) is 16.9.